The van der Waals surface area contributed by atoms with Crippen molar-refractivity contribution in [2.75, 3.05) is 31.1 Å². The molecule has 2 heterocycles. The molecule has 0 unspecified atom stereocenters. The molecule has 1 aliphatic rings. The number of rotatable bonds is 9. The van der Waals surface area contributed by atoms with Crippen LogP contribution in [0, 0.1) is 0 Å². The monoisotopic (exact) mass is 483 g/mol. The van der Waals surface area contributed by atoms with Gasteiger partial charge in [-0.2, -0.15) is 4.31 Å². The van der Waals surface area contributed by atoms with Gasteiger partial charge in [-0.1, -0.05) is 23.5 Å². The van der Waals surface area contributed by atoms with Crippen molar-refractivity contribution < 1.29 is 17.9 Å². The lowest BCUT2D eigenvalue weighted by atomic mass is 10.2. The lowest BCUT2D eigenvalue weighted by Gasteiger charge is -2.19. The third kappa shape index (κ3) is 5.00. The first kappa shape index (κ1) is 23.2. The molecule has 1 aromatic heterocycles. The Morgan fingerprint density at radius 2 is 1.76 bits per heavy atom. The minimum absolute atomic E-state index is 0.0864. The maximum absolute atomic E-state index is 12.8. The quantitative estimate of drug-likeness (QED) is 0.254. The first-order chi connectivity index (χ1) is 15.9. The fraction of sp³-hybridized carbons (Fsp3) is 0.250. The van der Waals surface area contributed by atoms with Gasteiger partial charge in [-0.3, -0.25) is 0 Å². The Hall–Kier alpha value is -3.01. The molecule has 3 aromatic rings. The summed E-state index contributed by atoms with van der Waals surface area (Å²) in [6, 6.07) is 11.1. The van der Waals surface area contributed by atoms with E-state index < -0.39 is 16.0 Å². The van der Waals surface area contributed by atoms with E-state index in [2.05, 4.69) is 23.0 Å². The third-order valence-corrected chi connectivity index (χ3v) is 8.25. The Kier molecular flexibility index (Phi) is 6.92. The van der Waals surface area contributed by atoms with E-state index in [1.807, 2.05) is 12.1 Å². The largest absolute Gasteiger partial charge is 0.423 e. The molecular weight excluding hydrogens is 458 g/mol. The highest BCUT2D eigenvalue weighted by Gasteiger charge is 2.23. The molecule has 0 radical (unpaired) electrons. The highest BCUT2D eigenvalue weighted by atomic mass is 32.2. The highest BCUT2D eigenvalue weighted by molar-refractivity contribution is 7.89. The second-order valence-corrected chi connectivity index (χ2v) is 10.6. The summed E-state index contributed by atoms with van der Waals surface area (Å²) in [7, 11) is -3.73. The predicted molar refractivity (Wildman–Crippen MR) is 132 cm³/mol. The number of hydrogen-bond acceptors (Lipinski definition) is 7. The summed E-state index contributed by atoms with van der Waals surface area (Å²) in [5.74, 6) is -0.138. The molecule has 0 amide bonds. The number of ether oxygens (including phenoxy) is 1. The number of carbonyl (C=O) groups is 1. The highest BCUT2D eigenvalue weighted by Crippen LogP contribution is 2.33. The van der Waals surface area contributed by atoms with E-state index in [4.69, 9.17) is 4.74 Å². The van der Waals surface area contributed by atoms with Gasteiger partial charge in [0.25, 0.3) is 0 Å². The van der Waals surface area contributed by atoms with Gasteiger partial charge in [-0.05, 0) is 49.2 Å². The molecule has 0 spiro atoms. The molecule has 0 atom stereocenters. The lowest BCUT2D eigenvalue weighted by molar-refractivity contribution is 0.0735. The van der Waals surface area contributed by atoms with Crippen molar-refractivity contribution in [3.05, 3.63) is 73.3 Å². The number of nitrogens with zero attached hydrogens (tertiary/aromatic N) is 3. The van der Waals surface area contributed by atoms with Gasteiger partial charge in [0.05, 0.1) is 20.7 Å². The second kappa shape index (κ2) is 9.86. The number of aromatic nitrogens is 1. The molecule has 0 aliphatic carbocycles. The van der Waals surface area contributed by atoms with Crippen LogP contribution in [0.3, 0.4) is 0 Å². The summed E-state index contributed by atoms with van der Waals surface area (Å²) in [5.41, 5.74) is 1.13. The Balaban J connectivity index is 1.48. The third-order valence-electron chi connectivity index (χ3n) is 5.33. The molecule has 172 valence electrons. The van der Waals surface area contributed by atoms with Crippen LogP contribution in [0.4, 0.5) is 5.13 Å². The van der Waals surface area contributed by atoms with Crippen LogP contribution in [-0.2, 0) is 10.0 Å². The number of hydrogen-bond donors (Lipinski definition) is 0. The van der Waals surface area contributed by atoms with Crippen LogP contribution in [0.2, 0.25) is 0 Å². The average molecular weight is 484 g/mol. The molecule has 0 N–H and O–H groups in total. The van der Waals surface area contributed by atoms with Gasteiger partial charge >= 0.3 is 5.97 Å². The van der Waals surface area contributed by atoms with Crippen LogP contribution in [0.1, 0.15) is 23.2 Å². The van der Waals surface area contributed by atoms with E-state index in [9.17, 15) is 13.2 Å². The van der Waals surface area contributed by atoms with Gasteiger partial charge in [0, 0.05) is 32.2 Å². The molecule has 4 rings (SSSR count). The SMILES string of the molecule is C=CCN(CC=C)S(=O)(=O)c1ccc(C(=O)Oc2ccc3nc(N4CCCC4)sc3c2)cc1. The van der Waals surface area contributed by atoms with Crippen molar-refractivity contribution in [1.29, 1.82) is 0 Å². The molecular formula is C24H25N3O4S2. The number of sulfonamides is 1. The zero-order valence-electron chi connectivity index (χ0n) is 18.1. The van der Waals surface area contributed by atoms with Crippen molar-refractivity contribution in [2.24, 2.45) is 0 Å². The molecule has 33 heavy (non-hydrogen) atoms. The van der Waals surface area contributed by atoms with Crippen LogP contribution in [-0.4, -0.2) is 49.9 Å². The lowest BCUT2D eigenvalue weighted by Crippen LogP contribution is -2.31. The van der Waals surface area contributed by atoms with E-state index in [1.54, 1.807) is 17.4 Å². The molecule has 9 heteroatoms. The van der Waals surface area contributed by atoms with Crippen LogP contribution >= 0.6 is 11.3 Å². The van der Waals surface area contributed by atoms with Crippen LogP contribution in [0.25, 0.3) is 10.2 Å². The summed E-state index contributed by atoms with van der Waals surface area (Å²) in [6.45, 7) is 9.57. The zero-order valence-corrected chi connectivity index (χ0v) is 19.8. The van der Waals surface area contributed by atoms with Crippen LogP contribution < -0.4 is 9.64 Å². The Bertz CT molecular complexity index is 1270. The van der Waals surface area contributed by atoms with Gasteiger partial charge in [0.15, 0.2) is 5.13 Å². The van der Waals surface area contributed by atoms with Crippen LogP contribution in [0.15, 0.2) is 72.7 Å². The Labute approximate surface area is 197 Å². The number of thiazole rings is 1. The summed E-state index contributed by atoms with van der Waals surface area (Å²) >= 11 is 1.58. The van der Waals surface area contributed by atoms with E-state index in [0.717, 1.165) is 28.4 Å². The average Bonchev–Trinajstić information content (AvgIpc) is 3.48. The number of esters is 1. The zero-order chi connectivity index (χ0) is 23.4. The molecule has 7 nitrogen and oxygen atoms in total. The standard InChI is InChI=1S/C24H25N3O4S2/c1-3-13-27(14-4-2)33(29,30)20-10-7-18(8-11-20)23(28)31-19-9-12-21-22(17-19)32-24(25-21)26-15-5-6-16-26/h3-4,7-12,17H,1-2,5-6,13-16H2. The van der Waals surface area contributed by atoms with Gasteiger partial charge in [0.2, 0.25) is 10.0 Å². The second-order valence-electron chi connectivity index (χ2n) is 7.63. The van der Waals surface area contributed by atoms with Crippen molar-refractivity contribution in [3.8, 4) is 5.75 Å². The minimum atomic E-state index is -3.73. The Morgan fingerprint density at radius 1 is 1.09 bits per heavy atom. The number of anilines is 1. The molecule has 1 fully saturated rings. The first-order valence-electron chi connectivity index (χ1n) is 10.6. The summed E-state index contributed by atoms with van der Waals surface area (Å²) in [6.07, 6.45) is 5.39. The van der Waals surface area contributed by atoms with E-state index in [1.165, 1.54) is 53.6 Å². The predicted octanol–water partition coefficient (Wildman–Crippen LogP) is 4.48. The van der Waals surface area contributed by atoms with Gasteiger partial charge in [-0.15, -0.1) is 13.2 Å². The summed E-state index contributed by atoms with van der Waals surface area (Å²) < 4.78 is 33.4. The topological polar surface area (TPSA) is 79.8 Å². The van der Waals surface area contributed by atoms with E-state index in [-0.39, 0.29) is 23.5 Å². The smallest absolute Gasteiger partial charge is 0.343 e. The fourth-order valence-electron chi connectivity index (χ4n) is 3.64. The molecule has 0 saturated carbocycles. The fourth-order valence-corrected chi connectivity index (χ4v) is 6.06. The maximum atomic E-state index is 12.8. The number of carbonyl (C=O) groups excluding carboxylic acids is 1. The van der Waals surface area contributed by atoms with Crippen LogP contribution in [0.5, 0.6) is 5.75 Å². The molecule has 0 bridgehead atoms. The van der Waals surface area contributed by atoms with Crippen molar-refractivity contribution >= 4 is 42.7 Å². The number of fused-ring (bicyclic) bond motifs is 1. The summed E-state index contributed by atoms with van der Waals surface area (Å²) in [5, 5.41) is 0.990. The molecule has 1 aliphatic heterocycles. The first-order valence-corrected chi connectivity index (χ1v) is 12.9. The normalized spacial score (nSPS) is 14.0. The van der Waals surface area contributed by atoms with Crippen molar-refractivity contribution in [3.63, 3.8) is 0 Å². The van der Waals surface area contributed by atoms with Crippen molar-refractivity contribution in [2.45, 2.75) is 17.7 Å². The van der Waals surface area contributed by atoms with Gasteiger partial charge < -0.3 is 9.64 Å². The Morgan fingerprint density at radius 3 is 2.39 bits per heavy atom. The summed E-state index contributed by atoms with van der Waals surface area (Å²) in [4.78, 5) is 19.7. The van der Waals surface area contributed by atoms with Gasteiger partial charge in [0.1, 0.15) is 5.75 Å². The van der Waals surface area contributed by atoms with Gasteiger partial charge in [-0.25, -0.2) is 18.2 Å². The minimum Gasteiger partial charge on any atom is -0.423 e. The number of benzene rings is 2. The van der Waals surface area contributed by atoms with E-state index in [0.29, 0.717) is 5.75 Å². The molecule has 1 saturated heterocycles. The maximum Gasteiger partial charge on any atom is 0.343 e. The van der Waals surface area contributed by atoms with Crippen molar-refractivity contribution in [1.82, 2.24) is 9.29 Å². The molecule has 2 aromatic carbocycles. The van der Waals surface area contributed by atoms with E-state index >= 15 is 0 Å².